The third kappa shape index (κ3) is 10.4. The fourth-order valence-electron chi connectivity index (χ4n) is 0.445. The Bertz CT molecular complexity index is 178. The van der Waals surface area contributed by atoms with Gasteiger partial charge in [-0.2, -0.15) is 0 Å². The van der Waals surface area contributed by atoms with Crippen LogP contribution >= 0.6 is 0 Å². The van der Waals surface area contributed by atoms with Gasteiger partial charge in [0.05, 0.1) is 0 Å². The first-order valence-electron chi connectivity index (χ1n) is 3.31. The van der Waals surface area contributed by atoms with Crippen molar-refractivity contribution >= 4 is 61.6 Å². The first kappa shape index (κ1) is 11.4. The van der Waals surface area contributed by atoms with Crippen LogP contribution in [0, 0.1) is 0 Å². The minimum atomic E-state index is 1.48. The molecule has 0 saturated heterocycles. The predicted molar refractivity (Wildman–Crippen MR) is 58.8 cm³/mol. The van der Waals surface area contributed by atoms with Gasteiger partial charge in [-0.1, -0.05) is 0 Å². The molecule has 11 heavy (non-hydrogen) atoms. The van der Waals surface area contributed by atoms with E-state index in [2.05, 4.69) is 4.65 Å². The van der Waals surface area contributed by atoms with Gasteiger partial charge in [0, 0.05) is 0 Å². The molecule has 2 radical (unpaired) electrons. The van der Waals surface area contributed by atoms with Gasteiger partial charge in [-0.25, -0.2) is 0 Å². The second-order valence-electron chi connectivity index (χ2n) is 1.72. The average molecular weight is 128 g/mol. The van der Waals surface area contributed by atoms with Crippen molar-refractivity contribution in [2.24, 2.45) is 0 Å². The summed E-state index contributed by atoms with van der Waals surface area (Å²) >= 11 is 0. The van der Waals surface area contributed by atoms with E-state index in [4.69, 9.17) is 7.74 Å². The zero-order chi connectivity index (χ0) is 8.36. The van der Waals surface area contributed by atoms with Gasteiger partial charge in [-0.15, -0.1) is 0 Å². The van der Waals surface area contributed by atoms with Gasteiger partial charge < -0.3 is 0 Å². The van der Waals surface area contributed by atoms with Crippen molar-refractivity contribution in [2.45, 2.75) is 0 Å². The van der Waals surface area contributed by atoms with Gasteiger partial charge in [0.2, 0.25) is 0 Å². The third-order valence-corrected chi connectivity index (χ3v) is 0.881. The van der Waals surface area contributed by atoms with E-state index in [1.54, 1.807) is 27.5 Å². The van der Waals surface area contributed by atoms with E-state index in [0.29, 0.717) is 0 Å². The average Bonchev–Trinajstić information content (AvgIpc) is 2.03. The summed E-state index contributed by atoms with van der Waals surface area (Å²) in [6.07, 6.45) is 0. The number of hydrogen-bond donors (Lipinski definition) is 0. The van der Waals surface area contributed by atoms with Crippen LogP contribution in [0.15, 0.2) is 0 Å². The zero-order valence-corrected chi connectivity index (χ0v) is 6.60. The minimum absolute atomic E-state index is 1.48. The SMILES string of the molecule is [B]B=BB=BB=BB=BOC. The van der Waals surface area contributed by atoms with Crippen LogP contribution in [0.3, 0.4) is 0 Å². The van der Waals surface area contributed by atoms with E-state index in [-0.39, 0.29) is 0 Å². The van der Waals surface area contributed by atoms with E-state index < -0.39 is 0 Å². The first-order chi connectivity index (χ1) is 5.41. The molecule has 0 aromatic rings. The summed E-state index contributed by atoms with van der Waals surface area (Å²) in [5.41, 5.74) is 0. The molecule has 0 aromatic carbocycles. The molecule has 10 heteroatoms. The maximum atomic E-state index is 5.10. The molecule has 0 rings (SSSR count). The first-order valence-corrected chi connectivity index (χ1v) is 3.31. The molecule has 0 N–H and O–H groups in total. The van der Waals surface area contributed by atoms with Crippen LogP contribution in [0.5, 0.6) is 0 Å². The Morgan fingerprint density at radius 3 is 2.00 bits per heavy atom. The second-order valence-corrected chi connectivity index (χ2v) is 1.72. The fraction of sp³-hybridized carbons (Fsp3) is 1.00. The standard InChI is InChI=1S/CH3B9O/c1-11-10-9-8-7-6-5-4-3-2/h1H3. The van der Waals surface area contributed by atoms with E-state index in [1.165, 1.54) is 6.69 Å². The summed E-state index contributed by atoms with van der Waals surface area (Å²) in [7, 11) is 8.31. The molecule has 40 valence electrons. The molecular weight excluding hydrogens is 125 g/mol. The molecule has 0 aliphatic heterocycles. The molecule has 0 spiro atoms. The van der Waals surface area contributed by atoms with E-state index >= 15 is 0 Å². The molecule has 0 amide bonds. The van der Waals surface area contributed by atoms with Gasteiger partial charge in [0.1, 0.15) is 0 Å². The van der Waals surface area contributed by atoms with Crippen LogP contribution < -0.4 is 0 Å². The maximum absolute atomic E-state index is 5.10. The van der Waals surface area contributed by atoms with Crippen molar-refractivity contribution in [2.75, 3.05) is 7.11 Å². The van der Waals surface area contributed by atoms with Gasteiger partial charge in [-0.3, -0.25) is 0 Å². The van der Waals surface area contributed by atoms with Crippen molar-refractivity contribution in [3.63, 3.8) is 0 Å². The van der Waals surface area contributed by atoms with Gasteiger partial charge in [-0.05, 0) is 0 Å². The van der Waals surface area contributed by atoms with Crippen LogP contribution in [-0.4, -0.2) is 68.7 Å². The summed E-state index contributed by atoms with van der Waals surface area (Å²) in [6.45, 7) is 12.5. The zero-order valence-electron chi connectivity index (χ0n) is 6.60. The van der Waals surface area contributed by atoms with Crippen LogP contribution in [0.4, 0.5) is 0 Å². The molecule has 0 fully saturated rings. The van der Waals surface area contributed by atoms with Gasteiger partial charge >= 0.3 is 73.4 Å². The third-order valence-electron chi connectivity index (χ3n) is 0.881. The van der Waals surface area contributed by atoms with E-state index in [1.807, 2.05) is 26.8 Å². The number of hydrogen-bond acceptors (Lipinski definition) is 1. The fourth-order valence-corrected chi connectivity index (χ4v) is 0.445. The molecule has 0 aliphatic carbocycles. The molecule has 0 atom stereocenters. The molecule has 0 heterocycles. The Labute approximate surface area is 73.9 Å². The Morgan fingerprint density at radius 2 is 1.45 bits per heavy atom. The molecule has 0 aliphatic rings. The quantitative estimate of drug-likeness (QED) is 0.360. The molecule has 1 nitrogen and oxygen atoms in total. The Balaban J connectivity index is 3.51. The topological polar surface area (TPSA) is 9.23 Å². The predicted octanol–water partition coefficient (Wildman–Crippen LogP) is -3.33. The van der Waals surface area contributed by atoms with Gasteiger partial charge in [0.15, 0.2) is 0 Å². The molecule has 0 unspecified atom stereocenters. The van der Waals surface area contributed by atoms with E-state index in [9.17, 15) is 0 Å². The Hall–Kier alpha value is 0.384. The van der Waals surface area contributed by atoms with Crippen molar-refractivity contribution in [3.05, 3.63) is 0 Å². The molecule has 0 aromatic heterocycles. The molecular formula is CH3B9O. The second kappa shape index (κ2) is 10.4. The van der Waals surface area contributed by atoms with Crippen LogP contribution in [-0.2, 0) is 4.65 Å². The van der Waals surface area contributed by atoms with Crippen molar-refractivity contribution in [1.29, 1.82) is 0 Å². The van der Waals surface area contributed by atoms with Crippen LogP contribution in [0.25, 0.3) is 0 Å². The molecule has 0 bridgehead atoms. The van der Waals surface area contributed by atoms with Crippen molar-refractivity contribution in [1.82, 2.24) is 0 Å². The van der Waals surface area contributed by atoms with Gasteiger partial charge in [0.25, 0.3) is 0 Å². The summed E-state index contributed by atoms with van der Waals surface area (Å²) < 4.78 is 4.68. The number of rotatable bonds is 4. The summed E-state index contributed by atoms with van der Waals surface area (Å²) in [4.78, 5) is 0. The Kier molecular flexibility index (Phi) is 10.7. The summed E-state index contributed by atoms with van der Waals surface area (Å²) in [5, 5.41) is 0. The Morgan fingerprint density at radius 1 is 0.909 bits per heavy atom. The normalized spacial score (nSPS) is 7.00. The van der Waals surface area contributed by atoms with Crippen LogP contribution in [0.1, 0.15) is 0 Å². The van der Waals surface area contributed by atoms with E-state index in [0.717, 1.165) is 0 Å². The molecule has 0 saturated carbocycles. The summed E-state index contributed by atoms with van der Waals surface area (Å²) in [5.74, 6) is 0. The van der Waals surface area contributed by atoms with Crippen molar-refractivity contribution < 1.29 is 4.65 Å². The summed E-state index contributed by atoms with van der Waals surface area (Å²) in [6, 6.07) is 0. The monoisotopic (exact) mass is 130 g/mol. The van der Waals surface area contributed by atoms with Crippen LogP contribution in [0.2, 0.25) is 0 Å². The van der Waals surface area contributed by atoms with Crippen molar-refractivity contribution in [3.8, 4) is 0 Å².